The number of likely N-dealkylation sites (tertiary alicyclic amines) is 1. The molecule has 1 saturated carbocycles. The van der Waals surface area contributed by atoms with Crippen molar-refractivity contribution in [3.8, 4) is 0 Å². The molecule has 1 aromatic rings. The van der Waals surface area contributed by atoms with Crippen LogP contribution in [-0.2, 0) is 15.2 Å². The molecule has 8 nitrogen and oxygen atoms in total. The number of rotatable bonds is 6. The number of carbonyl (C=O) groups excluding carboxylic acids is 2. The van der Waals surface area contributed by atoms with Crippen LogP contribution >= 0.6 is 11.6 Å². The fourth-order valence-electron chi connectivity index (χ4n) is 5.28. The molecule has 1 aliphatic heterocycles. The average molecular weight is 494 g/mol. The molecule has 4 N–H and O–H groups in total. The summed E-state index contributed by atoms with van der Waals surface area (Å²) in [5, 5.41) is 26.5. The molecule has 1 aliphatic carbocycles. The minimum Gasteiger partial charge on any atom is -0.465 e. The molecular formula is C25H36ClN3O5. The maximum atomic E-state index is 13.5. The van der Waals surface area contributed by atoms with E-state index in [0.717, 1.165) is 5.56 Å². The minimum absolute atomic E-state index is 0.119. The highest BCUT2D eigenvalue weighted by atomic mass is 35.5. The number of hydrogen-bond acceptors (Lipinski definition) is 4. The van der Waals surface area contributed by atoms with Crippen molar-refractivity contribution in [2.75, 3.05) is 13.1 Å². The number of nitrogens with zero attached hydrogens (tertiary/aromatic N) is 1. The topological polar surface area (TPSA) is 119 Å². The molecule has 2 aliphatic rings. The number of hydrogen-bond donors (Lipinski definition) is 4. The van der Waals surface area contributed by atoms with E-state index in [0.29, 0.717) is 43.8 Å². The summed E-state index contributed by atoms with van der Waals surface area (Å²) in [7, 11) is 0. The second kappa shape index (κ2) is 10.1. The summed E-state index contributed by atoms with van der Waals surface area (Å²) in [5.41, 5.74) is -0.962. The SMILES string of the molecule is CC(C)C(NC(=O)C1CCC(NC(=O)O)C1)C(=O)N1CCC(O)(c2ccc(Cl)cc2)C(C)(C)C1. The van der Waals surface area contributed by atoms with Gasteiger partial charge >= 0.3 is 6.09 Å². The Balaban J connectivity index is 1.68. The first-order chi connectivity index (χ1) is 15.8. The standard InChI is InChI=1S/C25H36ClN3O5/c1-15(2)20(28-21(30)16-5-10-19(13-16)27-23(32)33)22(31)29-12-11-25(34,24(3,4)14-29)17-6-8-18(26)9-7-17/h6-9,15-16,19-20,27,34H,5,10-14H2,1-4H3,(H,28,30)(H,32,33). The van der Waals surface area contributed by atoms with Crippen molar-refractivity contribution in [1.82, 2.24) is 15.5 Å². The highest BCUT2D eigenvalue weighted by Gasteiger charge is 2.50. The van der Waals surface area contributed by atoms with Gasteiger partial charge in [0.2, 0.25) is 11.8 Å². The third-order valence-corrected chi connectivity index (χ3v) is 7.70. The van der Waals surface area contributed by atoms with Crippen molar-refractivity contribution in [3.05, 3.63) is 34.9 Å². The summed E-state index contributed by atoms with van der Waals surface area (Å²) in [6, 6.07) is 6.24. The van der Waals surface area contributed by atoms with Crippen molar-refractivity contribution in [2.24, 2.45) is 17.3 Å². The van der Waals surface area contributed by atoms with Crippen LogP contribution in [-0.4, -0.2) is 58.2 Å². The van der Waals surface area contributed by atoms with Gasteiger partial charge in [-0.05, 0) is 49.3 Å². The van der Waals surface area contributed by atoms with E-state index in [1.807, 2.05) is 39.8 Å². The summed E-state index contributed by atoms with van der Waals surface area (Å²) in [4.78, 5) is 39.0. The van der Waals surface area contributed by atoms with Crippen molar-refractivity contribution in [3.63, 3.8) is 0 Å². The van der Waals surface area contributed by atoms with Gasteiger partial charge in [-0.1, -0.05) is 51.4 Å². The molecule has 1 saturated heterocycles. The number of halogens is 1. The number of piperidine rings is 1. The quantitative estimate of drug-likeness (QED) is 0.484. The summed E-state index contributed by atoms with van der Waals surface area (Å²) < 4.78 is 0. The van der Waals surface area contributed by atoms with Crippen LogP contribution in [0.15, 0.2) is 24.3 Å². The Labute approximate surface area is 206 Å². The normalized spacial score (nSPS) is 27.3. The van der Waals surface area contributed by atoms with E-state index in [1.54, 1.807) is 17.0 Å². The molecule has 34 heavy (non-hydrogen) atoms. The number of aliphatic hydroxyl groups is 1. The molecule has 3 amide bonds. The summed E-state index contributed by atoms with van der Waals surface area (Å²) in [6.07, 6.45) is 0.904. The van der Waals surface area contributed by atoms with Crippen LogP contribution in [0.1, 0.15) is 58.9 Å². The van der Waals surface area contributed by atoms with Crippen LogP contribution in [0.5, 0.6) is 0 Å². The maximum absolute atomic E-state index is 13.5. The van der Waals surface area contributed by atoms with Crippen LogP contribution in [0.3, 0.4) is 0 Å². The molecule has 0 bridgehead atoms. The Morgan fingerprint density at radius 3 is 2.35 bits per heavy atom. The van der Waals surface area contributed by atoms with Crippen LogP contribution in [0, 0.1) is 17.3 Å². The van der Waals surface area contributed by atoms with Crippen LogP contribution in [0.4, 0.5) is 4.79 Å². The first-order valence-electron chi connectivity index (χ1n) is 11.9. The highest BCUT2D eigenvalue weighted by molar-refractivity contribution is 6.30. The van der Waals surface area contributed by atoms with E-state index in [-0.39, 0.29) is 29.7 Å². The zero-order valence-corrected chi connectivity index (χ0v) is 21.1. The van der Waals surface area contributed by atoms with Gasteiger partial charge in [0.25, 0.3) is 0 Å². The molecule has 0 aromatic heterocycles. The van der Waals surface area contributed by atoms with E-state index in [4.69, 9.17) is 16.7 Å². The molecule has 9 heteroatoms. The predicted molar refractivity (Wildman–Crippen MR) is 129 cm³/mol. The molecule has 1 heterocycles. The van der Waals surface area contributed by atoms with Gasteiger partial charge in [0.1, 0.15) is 6.04 Å². The van der Waals surface area contributed by atoms with Crippen molar-refractivity contribution >= 4 is 29.5 Å². The number of amides is 3. The molecule has 3 rings (SSSR count). The third-order valence-electron chi connectivity index (χ3n) is 7.44. The highest BCUT2D eigenvalue weighted by Crippen LogP contribution is 2.46. The Morgan fingerprint density at radius 2 is 1.79 bits per heavy atom. The fourth-order valence-corrected chi connectivity index (χ4v) is 5.40. The van der Waals surface area contributed by atoms with Crippen LogP contribution in [0.2, 0.25) is 5.02 Å². The van der Waals surface area contributed by atoms with Gasteiger partial charge in [-0.25, -0.2) is 4.79 Å². The Morgan fingerprint density at radius 1 is 1.15 bits per heavy atom. The first kappa shape index (κ1) is 26.3. The van der Waals surface area contributed by atoms with Gasteiger partial charge in [-0.2, -0.15) is 0 Å². The van der Waals surface area contributed by atoms with Gasteiger partial charge in [0.15, 0.2) is 0 Å². The van der Waals surface area contributed by atoms with Crippen LogP contribution in [0.25, 0.3) is 0 Å². The lowest BCUT2D eigenvalue weighted by molar-refractivity contribution is -0.157. The van der Waals surface area contributed by atoms with E-state index in [9.17, 15) is 19.5 Å². The average Bonchev–Trinajstić information content (AvgIpc) is 3.21. The summed E-state index contributed by atoms with van der Waals surface area (Å²) in [6.45, 7) is 8.39. The van der Waals surface area contributed by atoms with E-state index in [2.05, 4.69) is 10.6 Å². The molecule has 4 unspecified atom stereocenters. The van der Waals surface area contributed by atoms with Gasteiger partial charge in [-0.3, -0.25) is 9.59 Å². The Kier molecular flexibility index (Phi) is 7.82. The minimum atomic E-state index is -1.11. The molecule has 188 valence electrons. The molecule has 4 atom stereocenters. The smallest absolute Gasteiger partial charge is 0.404 e. The monoisotopic (exact) mass is 493 g/mol. The van der Waals surface area contributed by atoms with Crippen LogP contribution < -0.4 is 10.6 Å². The zero-order valence-electron chi connectivity index (χ0n) is 20.3. The van der Waals surface area contributed by atoms with Gasteiger partial charge in [0, 0.05) is 35.5 Å². The molecule has 2 fully saturated rings. The van der Waals surface area contributed by atoms with E-state index < -0.39 is 23.2 Å². The van der Waals surface area contributed by atoms with Gasteiger partial charge in [0.05, 0.1) is 5.60 Å². The van der Waals surface area contributed by atoms with Crippen molar-refractivity contribution < 1.29 is 24.6 Å². The van der Waals surface area contributed by atoms with Crippen molar-refractivity contribution in [1.29, 1.82) is 0 Å². The molecule has 0 spiro atoms. The maximum Gasteiger partial charge on any atom is 0.404 e. The second-order valence-electron chi connectivity index (χ2n) is 10.6. The van der Waals surface area contributed by atoms with E-state index >= 15 is 0 Å². The third kappa shape index (κ3) is 5.49. The predicted octanol–water partition coefficient (Wildman–Crippen LogP) is 3.36. The lowest BCUT2D eigenvalue weighted by Crippen LogP contribution is -2.60. The first-order valence-corrected chi connectivity index (χ1v) is 12.3. The zero-order chi connectivity index (χ0) is 25.3. The Hall–Kier alpha value is -2.32. The van der Waals surface area contributed by atoms with E-state index in [1.165, 1.54) is 0 Å². The fraction of sp³-hybridized carbons (Fsp3) is 0.640. The van der Waals surface area contributed by atoms with Gasteiger partial charge < -0.3 is 25.7 Å². The Bertz CT molecular complexity index is 920. The summed E-state index contributed by atoms with van der Waals surface area (Å²) in [5.74, 6) is -0.812. The van der Waals surface area contributed by atoms with Crippen molar-refractivity contribution in [2.45, 2.75) is 71.1 Å². The molecule has 1 aromatic carbocycles. The summed E-state index contributed by atoms with van der Waals surface area (Å²) >= 11 is 6.02. The number of carboxylic acid groups (broad SMARTS) is 1. The molecule has 0 radical (unpaired) electrons. The lowest BCUT2D eigenvalue weighted by atomic mass is 9.66. The molecular weight excluding hydrogens is 458 g/mol. The second-order valence-corrected chi connectivity index (χ2v) is 11.1. The number of carbonyl (C=O) groups is 3. The largest absolute Gasteiger partial charge is 0.465 e. The van der Waals surface area contributed by atoms with Gasteiger partial charge in [-0.15, -0.1) is 0 Å². The lowest BCUT2D eigenvalue weighted by Gasteiger charge is -2.51. The number of nitrogens with one attached hydrogen (secondary N) is 2. The number of benzene rings is 1.